The highest BCUT2D eigenvalue weighted by Crippen LogP contribution is 2.16. The first-order valence-corrected chi connectivity index (χ1v) is 8.27. The Balaban J connectivity index is 0.00000243. The van der Waals surface area contributed by atoms with E-state index in [9.17, 15) is 0 Å². The van der Waals surface area contributed by atoms with Crippen molar-refractivity contribution in [2.45, 2.75) is 27.3 Å². The van der Waals surface area contributed by atoms with Crippen molar-refractivity contribution in [1.29, 1.82) is 0 Å². The topological polar surface area (TPSA) is 68.2 Å². The van der Waals surface area contributed by atoms with Gasteiger partial charge in [-0.05, 0) is 61.7 Å². The summed E-state index contributed by atoms with van der Waals surface area (Å²) in [4.78, 5) is 4.48. The Morgan fingerprint density at radius 3 is 2.42 bits per heavy atom. The molecule has 3 rings (SSSR count). The molecule has 0 spiro atoms. The van der Waals surface area contributed by atoms with Gasteiger partial charge in [-0.1, -0.05) is 24.3 Å². The maximum Gasteiger partial charge on any atom is 0.193 e. The number of para-hydroxylation sites is 1. The number of hydrogen-bond donors (Lipinski definition) is 2. The summed E-state index contributed by atoms with van der Waals surface area (Å²) in [6, 6.07) is 16.3. The highest BCUT2D eigenvalue weighted by Gasteiger charge is 2.05. The molecule has 0 fully saturated rings. The lowest BCUT2D eigenvalue weighted by atomic mass is 10.1. The van der Waals surface area contributed by atoms with E-state index in [1.165, 1.54) is 11.1 Å². The monoisotopic (exact) mass is 461 g/mol. The zero-order chi connectivity index (χ0) is 17.8. The Morgan fingerprint density at radius 1 is 1.08 bits per heavy atom. The van der Waals surface area contributed by atoms with Gasteiger partial charge in [-0.2, -0.15) is 5.10 Å². The number of nitrogens with two attached hydrogens (primary N) is 1. The first-order chi connectivity index (χ1) is 12.0. The maximum atomic E-state index is 6.06. The van der Waals surface area contributed by atoms with Crippen LogP contribution in [0.1, 0.15) is 22.4 Å². The average molecular weight is 461 g/mol. The lowest BCUT2D eigenvalue weighted by molar-refractivity contribution is 0.844. The van der Waals surface area contributed by atoms with E-state index in [1.807, 2.05) is 48.1 Å². The summed E-state index contributed by atoms with van der Waals surface area (Å²) in [5.41, 5.74) is 12.5. The number of anilines is 1. The fourth-order valence-corrected chi connectivity index (χ4v) is 2.82. The van der Waals surface area contributed by atoms with E-state index in [1.54, 1.807) is 0 Å². The van der Waals surface area contributed by atoms with Crippen molar-refractivity contribution in [3.8, 4) is 5.69 Å². The molecule has 0 atom stereocenters. The van der Waals surface area contributed by atoms with Crippen LogP contribution in [0.25, 0.3) is 5.69 Å². The van der Waals surface area contributed by atoms with Crippen LogP contribution in [0.15, 0.2) is 59.7 Å². The zero-order valence-electron chi connectivity index (χ0n) is 15.2. The van der Waals surface area contributed by atoms with Crippen molar-refractivity contribution in [3.05, 3.63) is 77.1 Å². The fraction of sp³-hybridized carbons (Fsp3) is 0.200. The number of hydrogen-bond acceptors (Lipinski definition) is 2. The standard InChI is InChI=1S/C20H23N5.HI/c1-14-10-15(2)12-18(11-14)23-20(21)22-13-17-6-4-5-7-19(17)25-9-8-16(3)24-25;/h4-12H,13H2,1-3H3,(H3,21,22,23);1H. The second-order valence-corrected chi connectivity index (χ2v) is 6.23. The third-order valence-corrected chi connectivity index (χ3v) is 3.87. The summed E-state index contributed by atoms with van der Waals surface area (Å²) < 4.78 is 1.87. The highest BCUT2D eigenvalue weighted by atomic mass is 127. The molecule has 1 heterocycles. The fourth-order valence-electron chi connectivity index (χ4n) is 2.82. The van der Waals surface area contributed by atoms with E-state index >= 15 is 0 Å². The van der Waals surface area contributed by atoms with E-state index in [2.05, 4.69) is 47.5 Å². The van der Waals surface area contributed by atoms with Gasteiger partial charge >= 0.3 is 0 Å². The molecule has 2 aromatic carbocycles. The Labute approximate surface area is 171 Å². The molecule has 5 nitrogen and oxygen atoms in total. The van der Waals surface area contributed by atoms with Gasteiger partial charge in [-0.25, -0.2) is 9.67 Å². The molecule has 0 aliphatic rings. The summed E-state index contributed by atoms with van der Waals surface area (Å²) in [7, 11) is 0. The number of rotatable bonds is 4. The molecule has 6 heteroatoms. The van der Waals surface area contributed by atoms with Crippen molar-refractivity contribution in [2.75, 3.05) is 5.32 Å². The summed E-state index contributed by atoms with van der Waals surface area (Å²) >= 11 is 0. The van der Waals surface area contributed by atoms with Crippen molar-refractivity contribution in [2.24, 2.45) is 10.7 Å². The minimum atomic E-state index is 0. The Kier molecular flexibility index (Phi) is 6.79. The predicted molar refractivity (Wildman–Crippen MR) is 119 cm³/mol. The number of halogens is 1. The van der Waals surface area contributed by atoms with Crippen LogP contribution in [0, 0.1) is 20.8 Å². The maximum absolute atomic E-state index is 6.06. The zero-order valence-corrected chi connectivity index (χ0v) is 17.6. The third kappa shape index (κ3) is 5.08. The minimum absolute atomic E-state index is 0. The van der Waals surface area contributed by atoms with Gasteiger partial charge in [0.2, 0.25) is 0 Å². The number of aliphatic imine (C=N–C) groups is 1. The highest BCUT2D eigenvalue weighted by molar-refractivity contribution is 14.0. The van der Waals surface area contributed by atoms with E-state index in [-0.39, 0.29) is 24.0 Å². The molecule has 0 radical (unpaired) electrons. The molecule has 0 aliphatic heterocycles. The van der Waals surface area contributed by atoms with Crippen LogP contribution in [-0.2, 0) is 6.54 Å². The smallest absolute Gasteiger partial charge is 0.193 e. The molecule has 3 N–H and O–H groups in total. The van der Waals surface area contributed by atoms with Gasteiger partial charge in [0.15, 0.2) is 5.96 Å². The summed E-state index contributed by atoms with van der Waals surface area (Å²) in [6.07, 6.45) is 1.95. The molecule has 136 valence electrons. The minimum Gasteiger partial charge on any atom is -0.370 e. The molecule has 0 unspecified atom stereocenters. The van der Waals surface area contributed by atoms with Crippen LogP contribution >= 0.6 is 24.0 Å². The van der Waals surface area contributed by atoms with Gasteiger partial charge < -0.3 is 11.1 Å². The number of guanidine groups is 1. The van der Waals surface area contributed by atoms with Crippen LogP contribution in [0.3, 0.4) is 0 Å². The van der Waals surface area contributed by atoms with E-state index in [0.717, 1.165) is 22.6 Å². The van der Waals surface area contributed by atoms with Crippen LogP contribution in [0.2, 0.25) is 0 Å². The molecule has 1 aromatic heterocycles. The molecular weight excluding hydrogens is 437 g/mol. The summed E-state index contributed by atoms with van der Waals surface area (Å²) in [5.74, 6) is 0.399. The van der Waals surface area contributed by atoms with Crippen molar-refractivity contribution in [1.82, 2.24) is 9.78 Å². The predicted octanol–water partition coefficient (Wildman–Crippen LogP) is 4.34. The van der Waals surface area contributed by atoms with Gasteiger partial charge in [0.1, 0.15) is 0 Å². The normalized spacial score (nSPS) is 11.1. The van der Waals surface area contributed by atoms with Crippen molar-refractivity contribution >= 4 is 35.6 Å². The van der Waals surface area contributed by atoms with Crippen LogP contribution in [0.5, 0.6) is 0 Å². The largest absolute Gasteiger partial charge is 0.370 e. The molecule has 26 heavy (non-hydrogen) atoms. The molecule has 0 aliphatic carbocycles. The number of aromatic nitrogens is 2. The van der Waals surface area contributed by atoms with Crippen molar-refractivity contribution < 1.29 is 0 Å². The summed E-state index contributed by atoms with van der Waals surface area (Å²) in [6.45, 7) is 6.59. The quantitative estimate of drug-likeness (QED) is 0.345. The molecular formula is C20H24IN5. The van der Waals surface area contributed by atoms with Gasteiger partial charge in [-0.3, -0.25) is 0 Å². The van der Waals surface area contributed by atoms with Crippen LogP contribution in [0.4, 0.5) is 5.69 Å². The van der Waals surface area contributed by atoms with Gasteiger partial charge in [-0.15, -0.1) is 24.0 Å². The lowest BCUT2D eigenvalue weighted by Gasteiger charge is -2.10. The molecule has 0 saturated heterocycles. The van der Waals surface area contributed by atoms with Gasteiger partial charge in [0, 0.05) is 11.9 Å². The second-order valence-electron chi connectivity index (χ2n) is 6.23. The van der Waals surface area contributed by atoms with Gasteiger partial charge in [0.25, 0.3) is 0 Å². The van der Waals surface area contributed by atoms with E-state index in [0.29, 0.717) is 12.5 Å². The van der Waals surface area contributed by atoms with Crippen LogP contribution < -0.4 is 11.1 Å². The lowest BCUT2D eigenvalue weighted by Crippen LogP contribution is -2.22. The van der Waals surface area contributed by atoms with Crippen LogP contribution in [-0.4, -0.2) is 15.7 Å². The number of nitrogens with zero attached hydrogens (tertiary/aromatic N) is 3. The molecule has 3 aromatic rings. The second kappa shape index (κ2) is 8.84. The number of nitrogens with one attached hydrogen (secondary N) is 1. The van der Waals surface area contributed by atoms with Crippen molar-refractivity contribution in [3.63, 3.8) is 0 Å². The van der Waals surface area contributed by atoms with E-state index in [4.69, 9.17) is 5.73 Å². The Bertz CT molecular complexity index is 894. The molecule has 0 bridgehead atoms. The Morgan fingerprint density at radius 2 is 1.77 bits per heavy atom. The third-order valence-electron chi connectivity index (χ3n) is 3.87. The number of benzene rings is 2. The molecule has 0 amide bonds. The average Bonchev–Trinajstić information content (AvgIpc) is 2.98. The SMILES string of the molecule is Cc1cc(C)cc(NC(N)=NCc2ccccc2-n2ccc(C)n2)c1.I. The Hall–Kier alpha value is -2.35. The summed E-state index contributed by atoms with van der Waals surface area (Å²) in [5, 5.41) is 7.64. The first kappa shape index (κ1) is 20.0. The number of aryl methyl sites for hydroxylation is 3. The van der Waals surface area contributed by atoms with Gasteiger partial charge in [0.05, 0.1) is 17.9 Å². The molecule has 0 saturated carbocycles. The van der Waals surface area contributed by atoms with E-state index < -0.39 is 0 Å². The first-order valence-electron chi connectivity index (χ1n) is 8.27.